The molecule has 0 atom stereocenters. The zero-order valence-electron chi connectivity index (χ0n) is 16.9. The van der Waals surface area contributed by atoms with Gasteiger partial charge in [0.25, 0.3) is 5.91 Å². The molecule has 1 aliphatic rings. The van der Waals surface area contributed by atoms with E-state index in [1.54, 1.807) is 6.07 Å². The van der Waals surface area contributed by atoms with E-state index in [9.17, 15) is 4.79 Å². The summed E-state index contributed by atoms with van der Waals surface area (Å²) in [5, 5.41) is 3.30. The van der Waals surface area contributed by atoms with Crippen molar-refractivity contribution in [1.82, 2.24) is 14.9 Å². The van der Waals surface area contributed by atoms with Crippen molar-refractivity contribution in [3.8, 4) is 0 Å². The fraction of sp³-hybridized carbons (Fsp3) is 0.435. The number of nitrogens with zero attached hydrogens (tertiary/aromatic N) is 3. The fourth-order valence-corrected chi connectivity index (χ4v) is 3.52. The van der Waals surface area contributed by atoms with Crippen molar-refractivity contribution in [2.45, 2.75) is 52.5 Å². The van der Waals surface area contributed by atoms with E-state index in [2.05, 4.69) is 21.4 Å². The van der Waals surface area contributed by atoms with Crippen LogP contribution >= 0.6 is 0 Å². The van der Waals surface area contributed by atoms with Gasteiger partial charge in [0, 0.05) is 25.3 Å². The van der Waals surface area contributed by atoms with Gasteiger partial charge in [-0.1, -0.05) is 42.0 Å². The first-order chi connectivity index (χ1) is 13.7. The van der Waals surface area contributed by atoms with Crippen molar-refractivity contribution < 1.29 is 4.79 Å². The maximum atomic E-state index is 13.0. The lowest BCUT2D eigenvalue weighted by molar-refractivity contribution is 0.0746. The van der Waals surface area contributed by atoms with Gasteiger partial charge in [0.1, 0.15) is 5.69 Å². The predicted octanol–water partition coefficient (Wildman–Crippen LogP) is 4.75. The first-order valence-corrected chi connectivity index (χ1v) is 10.3. The summed E-state index contributed by atoms with van der Waals surface area (Å²) >= 11 is 0. The minimum Gasteiger partial charge on any atom is -0.354 e. The van der Waals surface area contributed by atoms with E-state index in [1.165, 1.54) is 31.3 Å². The molecule has 0 aliphatic heterocycles. The Hall–Kier alpha value is -2.69. The number of hydrogen-bond donors (Lipinski definition) is 1. The van der Waals surface area contributed by atoms with E-state index in [0.717, 1.165) is 24.2 Å². The molecule has 28 heavy (non-hydrogen) atoms. The summed E-state index contributed by atoms with van der Waals surface area (Å²) in [5.74, 6) is 0.477. The highest BCUT2D eigenvalue weighted by molar-refractivity contribution is 5.92. The molecule has 0 saturated carbocycles. The number of nitrogens with one attached hydrogen (secondary N) is 1. The van der Waals surface area contributed by atoms with Gasteiger partial charge in [-0.15, -0.1) is 0 Å². The number of rotatable bonds is 8. The lowest BCUT2D eigenvalue weighted by Gasteiger charge is -2.21. The summed E-state index contributed by atoms with van der Waals surface area (Å²) in [4.78, 5) is 23.8. The molecule has 0 fully saturated rings. The first-order valence-electron chi connectivity index (χ1n) is 10.3. The average Bonchev–Trinajstić information content (AvgIpc) is 2.72. The summed E-state index contributed by atoms with van der Waals surface area (Å²) in [6.45, 7) is 5.90. The number of carbonyl (C=O) groups excluding carboxylic acids is 1. The minimum absolute atomic E-state index is 0.0603. The third-order valence-electron chi connectivity index (χ3n) is 5.07. The molecule has 0 radical (unpaired) electrons. The largest absolute Gasteiger partial charge is 0.354 e. The van der Waals surface area contributed by atoms with Crippen LogP contribution in [0.2, 0.25) is 0 Å². The van der Waals surface area contributed by atoms with Crippen LogP contribution in [-0.4, -0.2) is 33.9 Å². The Morgan fingerprint density at radius 3 is 2.71 bits per heavy atom. The lowest BCUT2D eigenvalue weighted by Crippen LogP contribution is -2.31. The van der Waals surface area contributed by atoms with E-state index < -0.39 is 0 Å². The third kappa shape index (κ3) is 5.65. The number of benzene rings is 1. The van der Waals surface area contributed by atoms with Gasteiger partial charge in [-0.2, -0.15) is 0 Å². The van der Waals surface area contributed by atoms with Gasteiger partial charge >= 0.3 is 0 Å². The molecule has 1 heterocycles. The Bertz CT molecular complexity index is 817. The molecule has 3 rings (SSSR count). The van der Waals surface area contributed by atoms with Crippen molar-refractivity contribution in [2.24, 2.45) is 0 Å². The molecule has 0 bridgehead atoms. The van der Waals surface area contributed by atoms with Crippen LogP contribution in [0.25, 0.3) is 0 Å². The second-order valence-corrected chi connectivity index (χ2v) is 7.31. The molecular weight excluding hydrogens is 348 g/mol. The minimum atomic E-state index is -0.0603. The summed E-state index contributed by atoms with van der Waals surface area (Å²) in [6.07, 6.45) is 8.36. The Balaban J connectivity index is 1.65. The summed E-state index contributed by atoms with van der Waals surface area (Å²) in [6, 6.07) is 11.8. The van der Waals surface area contributed by atoms with Crippen LogP contribution in [0.15, 0.2) is 48.0 Å². The molecule has 148 valence electrons. The van der Waals surface area contributed by atoms with Gasteiger partial charge < -0.3 is 10.2 Å². The summed E-state index contributed by atoms with van der Waals surface area (Å²) in [5.41, 5.74) is 3.88. The molecule has 1 aliphatic carbocycles. The Morgan fingerprint density at radius 1 is 1.18 bits per heavy atom. The molecule has 5 heteroatoms. The van der Waals surface area contributed by atoms with Crippen LogP contribution < -0.4 is 5.32 Å². The maximum absolute atomic E-state index is 13.0. The SMILES string of the molecule is CCN(Cc1ccccc1)C(=O)c1cc(C)nc(NCCC2=CCCCC2)n1. The second kappa shape index (κ2) is 10.0. The van der Waals surface area contributed by atoms with E-state index >= 15 is 0 Å². The Morgan fingerprint density at radius 2 is 2.00 bits per heavy atom. The molecule has 1 amide bonds. The average molecular weight is 379 g/mol. The molecule has 0 spiro atoms. The van der Waals surface area contributed by atoms with Crippen molar-refractivity contribution >= 4 is 11.9 Å². The van der Waals surface area contributed by atoms with Crippen molar-refractivity contribution in [3.63, 3.8) is 0 Å². The van der Waals surface area contributed by atoms with Gasteiger partial charge in [-0.05, 0) is 57.6 Å². The Labute approximate surface area is 167 Å². The van der Waals surface area contributed by atoms with Crippen LogP contribution in [0, 0.1) is 6.92 Å². The number of amides is 1. The molecule has 0 unspecified atom stereocenters. The van der Waals surface area contributed by atoms with Crippen LogP contribution in [0.1, 0.15) is 60.8 Å². The zero-order chi connectivity index (χ0) is 19.8. The molecule has 2 aromatic rings. The smallest absolute Gasteiger partial charge is 0.272 e. The standard InChI is InChI=1S/C23H30N4O/c1-3-27(17-20-12-8-5-9-13-20)22(28)21-16-18(2)25-23(26-21)24-15-14-19-10-6-4-7-11-19/h5,8-10,12-13,16H,3-4,6-7,11,14-15,17H2,1-2H3,(H,24,25,26). The molecule has 1 aromatic carbocycles. The van der Waals surface area contributed by atoms with Gasteiger partial charge in [0.05, 0.1) is 0 Å². The number of aryl methyl sites for hydroxylation is 1. The molecule has 1 aromatic heterocycles. The topological polar surface area (TPSA) is 58.1 Å². The fourth-order valence-electron chi connectivity index (χ4n) is 3.52. The molecule has 5 nitrogen and oxygen atoms in total. The lowest BCUT2D eigenvalue weighted by atomic mass is 9.97. The first kappa shape index (κ1) is 20.1. The van der Waals surface area contributed by atoms with Gasteiger partial charge in [-0.25, -0.2) is 9.97 Å². The van der Waals surface area contributed by atoms with E-state index in [4.69, 9.17) is 0 Å². The maximum Gasteiger partial charge on any atom is 0.272 e. The van der Waals surface area contributed by atoms with Crippen LogP contribution in [-0.2, 0) is 6.54 Å². The van der Waals surface area contributed by atoms with E-state index in [1.807, 2.05) is 49.1 Å². The summed E-state index contributed by atoms with van der Waals surface area (Å²) in [7, 11) is 0. The molecular formula is C23H30N4O. The second-order valence-electron chi connectivity index (χ2n) is 7.31. The van der Waals surface area contributed by atoms with Crippen LogP contribution in [0.4, 0.5) is 5.95 Å². The normalized spacial score (nSPS) is 13.7. The van der Waals surface area contributed by atoms with Crippen molar-refractivity contribution in [3.05, 3.63) is 65.0 Å². The number of anilines is 1. The summed E-state index contributed by atoms with van der Waals surface area (Å²) < 4.78 is 0. The molecule has 0 saturated heterocycles. The van der Waals surface area contributed by atoms with Crippen LogP contribution in [0.5, 0.6) is 0 Å². The highest BCUT2D eigenvalue weighted by Crippen LogP contribution is 2.20. The van der Waals surface area contributed by atoms with Gasteiger partial charge in [-0.3, -0.25) is 4.79 Å². The highest BCUT2D eigenvalue weighted by atomic mass is 16.2. The van der Waals surface area contributed by atoms with E-state index in [-0.39, 0.29) is 5.91 Å². The third-order valence-corrected chi connectivity index (χ3v) is 5.07. The monoisotopic (exact) mass is 378 g/mol. The number of carbonyl (C=O) groups is 1. The van der Waals surface area contributed by atoms with Crippen molar-refractivity contribution in [2.75, 3.05) is 18.4 Å². The zero-order valence-corrected chi connectivity index (χ0v) is 16.9. The van der Waals surface area contributed by atoms with Gasteiger partial charge in [0.15, 0.2) is 0 Å². The highest BCUT2D eigenvalue weighted by Gasteiger charge is 2.17. The number of aromatic nitrogens is 2. The predicted molar refractivity (Wildman–Crippen MR) is 113 cm³/mol. The van der Waals surface area contributed by atoms with Crippen molar-refractivity contribution in [1.29, 1.82) is 0 Å². The quantitative estimate of drug-likeness (QED) is 0.674. The van der Waals surface area contributed by atoms with Gasteiger partial charge in [0.2, 0.25) is 5.95 Å². The number of hydrogen-bond acceptors (Lipinski definition) is 4. The van der Waals surface area contributed by atoms with Crippen LogP contribution in [0.3, 0.4) is 0 Å². The number of allylic oxidation sites excluding steroid dienone is 1. The Kier molecular flexibility index (Phi) is 7.18. The molecule has 1 N–H and O–H groups in total. The van der Waals surface area contributed by atoms with E-state index in [0.29, 0.717) is 24.7 Å².